The minimum atomic E-state index is -3.11. The second-order valence-corrected chi connectivity index (χ2v) is 6.50. The summed E-state index contributed by atoms with van der Waals surface area (Å²) >= 11 is 1.21. The summed E-state index contributed by atoms with van der Waals surface area (Å²) in [6.07, 6.45) is 1.46. The lowest BCUT2D eigenvalue weighted by molar-refractivity contribution is 0.422. The minimum absolute atomic E-state index is 0.117. The van der Waals surface area contributed by atoms with E-state index in [0.717, 1.165) is 4.88 Å². The first kappa shape index (κ1) is 13.9. The van der Waals surface area contributed by atoms with Crippen molar-refractivity contribution >= 4 is 21.2 Å². The Hall–Kier alpha value is -1.14. The Kier molecular flexibility index (Phi) is 4.89. The summed E-state index contributed by atoms with van der Waals surface area (Å²) in [7, 11) is -3.11. The average Bonchev–Trinajstić information content (AvgIpc) is 3.02. The van der Waals surface area contributed by atoms with Crippen molar-refractivity contribution in [3.05, 3.63) is 24.5 Å². The molecule has 0 aromatic carbocycles. The highest BCUT2D eigenvalue weighted by Crippen LogP contribution is 2.29. The van der Waals surface area contributed by atoms with Gasteiger partial charge in [-0.15, -0.1) is 11.3 Å². The molecule has 17 heavy (non-hydrogen) atoms. The monoisotopic (exact) mass is 273 g/mol. The first-order chi connectivity index (χ1) is 8.13. The Labute approximate surface area is 105 Å². The van der Waals surface area contributed by atoms with Gasteiger partial charge in [-0.1, -0.05) is 25.9 Å². The lowest BCUT2D eigenvalue weighted by Gasteiger charge is -1.93. The highest BCUT2D eigenvalue weighted by Gasteiger charge is 2.15. The fourth-order valence-corrected chi connectivity index (χ4v) is 3.50. The predicted octanol–water partition coefficient (Wildman–Crippen LogP) is 3.22. The molecule has 0 saturated heterocycles. The van der Waals surface area contributed by atoms with Crippen LogP contribution in [0.15, 0.2) is 33.2 Å². The molecular weight excluding hydrogens is 258 g/mol. The Bertz CT molecular complexity index is 541. The lowest BCUT2D eigenvalue weighted by Crippen LogP contribution is -2.00. The van der Waals surface area contributed by atoms with Gasteiger partial charge in [0.1, 0.15) is 16.2 Å². The Morgan fingerprint density at radius 2 is 2.00 bits per heavy atom. The Balaban J connectivity index is 0.000000686. The summed E-state index contributed by atoms with van der Waals surface area (Å²) in [5.74, 6) is 0.117. The van der Waals surface area contributed by atoms with Crippen LogP contribution in [-0.4, -0.2) is 19.3 Å². The molecule has 0 saturated carbocycles. The normalized spacial score (nSPS) is 10.8. The highest BCUT2D eigenvalue weighted by atomic mass is 32.2. The van der Waals surface area contributed by atoms with Crippen LogP contribution >= 0.6 is 11.3 Å². The standard InChI is InChI=1S/C9H9NO3S2.C2H6/c1-2-15(11,12)9-4-3-8(14-9)7-5-6-13-10-7;1-2/h3-6H,2H2,1H3;1-2H3. The van der Waals surface area contributed by atoms with Crippen LogP contribution in [0, 0.1) is 0 Å². The molecule has 0 N–H and O–H groups in total. The van der Waals surface area contributed by atoms with Gasteiger partial charge in [-0.3, -0.25) is 0 Å². The molecule has 94 valence electrons. The molecule has 0 atom stereocenters. The third-order valence-corrected chi connectivity index (χ3v) is 5.38. The third kappa shape index (κ3) is 3.17. The molecule has 0 radical (unpaired) electrons. The molecule has 0 aliphatic rings. The van der Waals surface area contributed by atoms with Crippen molar-refractivity contribution in [2.75, 3.05) is 5.75 Å². The molecule has 2 heterocycles. The number of sulfone groups is 1. The predicted molar refractivity (Wildman–Crippen MR) is 68.9 cm³/mol. The van der Waals surface area contributed by atoms with E-state index >= 15 is 0 Å². The van der Waals surface area contributed by atoms with Crippen LogP contribution in [0.25, 0.3) is 10.6 Å². The second kappa shape index (κ2) is 5.97. The number of aromatic nitrogens is 1. The number of hydrogen-bond donors (Lipinski definition) is 0. The molecular formula is C11H15NO3S2. The van der Waals surface area contributed by atoms with Crippen LogP contribution < -0.4 is 0 Å². The number of hydrogen-bond acceptors (Lipinski definition) is 5. The van der Waals surface area contributed by atoms with Gasteiger partial charge in [-0.25, -0.2) is 8.42 Å². The largest absolute Gasteiger partial charge is 0.364 e. The van der Waals surface area contributed by atoms with E-state index in [-0.39, 0.29) is 5.75 Å². The van der Waals surface area contributed by atoms with Crippen molar-refractivity contribution < 1.29 is 12.9 Å². The summed E-state index contributed by atoms with van der Waals surface area (Å²) in [6.45, 7) is 5.63. The van der Waals surface area contributed by atoms with Crippen molar-refractivity contribution in [1.29, 1.82) is 0 Å². The van der Waals surface area contributed by atoms with Crippen molar-refractivity contribution in [3.8, 4) is 10.6 Å². The van der Waals surface area contributed by atoms with E-state index in [1.54, 1.807) is 25.1 Å². The van der Waals surface area contributed by atoms with Gasteiger partial charge in [0.05, 0.1) is 10.6 Å². The molecule has 6 heteroatoms. The van der Waals surface area contributed by atoms with Crippen LogP contribution in [0.3, 0.4) is 0 Å². The molecule has 4 nitrogen and oxygen atoms in total. The smallest absolute Gasteiger partial charge is 0.187 e. The van der Waals surface area contributed by atoms with Gasteiger partial charge < -0.3 is 4.52 Å². The molecule has 2 aromatic heterocycles. The zero-order valence-electron chi connectivity index (χ0n) is 10.0. The van der Waals surface area contributed by atoms with Crippen molar-refractivity contribution in [2.45, 2.75) is 25.0 Å². The van der Waals surface area contributed by atoms with E-state index in [2.05, 4.69) is 5.16 Å². The fraction of sp³-hybridized carbons (Fsp3) is 0.364. The summed E-state index contributed by atoms with van der Waals surface area (Å²) in [4.78, 5) is 0.802. The molecule has 0 spiro atoms. The maximum atomic E-state index is 11.6. The van der Waals surface area contributed by atoms with Gasteiger partial charge in [0.2, 0.25) is 0 Å². The zero-order chi connectivity index (χ0) is 12.9. The average molecular weight is 273 g/mol. The van der Waals surface area contributed by atoms with E-state index < -0.39 is 9.84 Å². The van der Waals surface area contributed by atoms with Crippen LogP contribution in [0.2, 0.25) is 0 Å². The lowest BCUT2D eigenvalue weighted by atomic mass is 10.3. The maximum Gasteiger partial charge on any atom is 0.187 e. The number of rotatable bonds is 3. The van der Waals surface area contributed by atoms with E-state index in [9.17, 15) is 8.42 Å². The van der Waals surface area contributed by atoms with Crippen molar-refractivity contribution in [2.24, 2.45) is 0 Å². The van der Waals surface area contributed by atoms with Gasteiger partial charge in [-0.2, -0.15) is 0 Å². The molecule has 2 rings (SSSR count). The van der Waals surface area contributed by atoms with Gasteiger partial charge in [-0.05, 0) is 12.1 Å². The van der Waals surface area contributed by atoms with Crippen LogP contribution in [0.4, 0.5) is 0 Å². The highest BCUT2D eigenvalue weighted by molar-refractivity contribution is 7.93. The van der Waals surface area contributed by atoms with Crippen molar-refractivity contribution in [1.82, 2.24) is 5.16 Å². The van der Waals surface area contributed by atoms with Gasteiger partial charge >= 0.3 is 0 Å². The topological polar surface area (TPSA) is 60.2 Å². The molecule has 0 bridgehead atoms. The van der Waals surface area contributed by atoms with Gasteiger partial charge in [0.25, 0.3) is 0 Å². The summed E-state index contributed by atoms with van der Waals surface area (Å²) in [5.41, 5.74) is 0.664. The first-order valence-electron chi connectivity index (χ1n) is 5.37. The SMILES string of the molecule is CC.CCS(=O)(=O)c1ccc(-c2ccon2)s1. The Morgan fingerprint density at radius 3 is 2.53 bits per heavy atom. The number of thiophene rings is 1. The quantitative estimate of drug-likeness (QED) is 0.861. The van der Waals surface area contributed by atoms with Crippen LogP contribution in [0.1, 0.15) is 20.8 Å². The number of nitrogens with zero attached hydrogens (tertiary/aromatic N) is 1. The third-order valence-electron chi connectivity index (χ3n) is 1.96. The summed E-state index contributed by atoms with van der Waals surface area (Å²) < 4.78 is 28.2. The summed E-state index contributed by atoms with van der Waals surface area (Å²) in [6, 6.07) is 5.05. The minimum Gasteiger partial charge on any atom is -0.364 e. The van der Waals surface area contributed by atoms with Crippen LogP contribution in [-0.2, 0) is 9.84 Å². The van der Waals surface area contributed by atoms with E-state index in [0.29, 0.717) is 9.90 Å². The molecule has 0 fully saturated rings. The van der Waals surface area contributed by atoms with E-state index in [4.69, 9.17) is 4.52 Å². The first-order valence-corrected chi connectivity index (χ1v) is 7.83. The van der Waals surface area contributed by atoms with Crippen LogP contribution in [0.5, 0.6) is 0 Å². The Morgan fingerprint density at radius 1 is 1.29 bits per heavy atom. The van der Waals surface area contributed by atoms with Crippen molar-refractivity contribution in [3.63, 3.8) is 0 Å². The molecule has 0 amide bonds. The van der Waals surface area contributed by atoms with Gasteiger partial charge in [0, 0.05) is 6.07 Å². The maximum absolute atomic E-state index is 11.6. The molecule has 0 aliphatic heterocycles. The fourth-order valence-electron chi connectivity index (χ4n) is 1.11. The van der Waals surface area contributed by atoms with Gasteiger partial charge in [0.15, 0.2) is 9.84 Å². The summed E-state index contributed by atoms with van der Waals surface area (Å²) in [5, 5.41) is 3.75. The molecule has 0 aliphatic carbocycles. The van der Waals surface area contributed by atoms with E-state index in [1.807, 2.05) is 13.8 Å². The second-order valence-electron chi connectivity index (χ2n) is 2.91. The molecule has 0 unspecified atom stereocenters. The van der Waals surface area contributed by atoms with E-state index in [1.165, 1.54) is 17.6 Å². The zero-order valence-corrected chi connectivity index (χ0v) is 11.6. The molecule has 2 aromatic rings.